The number of morpholine rings is 1. The van der Waals surface area contributed by atoms with Crippen LogP contribution in [0.1, 0.15) is 36.8 Å². The summed E-state index contributed by atoms with van der Waals surface area (Å²) < 4.78 is 11.2. The van der Waals surface area contributed by atoms with Gasteiger partial charge < -0.3 is 9.47 Å². The molecule has 1 saturated heterocycles. The summed E-state index contributed by atoms with van der Waals surface area (Å²) in [7, 11) is 0. The molecule has 2 aromatic rings. The Morgan fingerprint density at radius 3 is 2.65 bits per heavy atom. The third-order valence-corrected chi connectivity index (χ3v) is 4.89. The maximum Gasteiger partial charge on any atom is 0.257 e. The Kier molecular flexibility index (Phi) is 6.24. The van der Waals surface area contributed by atoms with E-state index in [0.717, 1.165) is 31.1 Å². The van der Waals surface area contributed by atoms with Gasteiger partial charge in [-0.15, -0.1) is 11.3 Å². The Morgan fingerprint density at radius 2 is 2.00 bits per heavy atom. The summed E-state index contributed by atoms with van der Waals surface area (Å²) in [6.07, 6.45) is 0.465. The van der Waals surface area contributed by atoms with Gasteiger partial charge in [-0.3, -0.25) is 15.0 Å². The van der Waals surface area contributed by atoms with E-state index in [9.17, 15) is 4.79 Å². The number of benzene rings is 1. The molecule has 26 heavy (non-hydrogen) atoms. The summed E-state index contributed by atoms with van der Waals surface area (Å²) >= 11 is 1.45. The lowest BCUT2D eigenvalue weighted by Gasteiger charge is -2.34. The number of amides is 1. The molecule has 1 aromatic carbocycles. The summed E-state index contributed by atoms with van der Waals surface area (Å²) in [5, 5.41) is 5.49. The van der Waals surface area contributed by atoms with E-state index in [0.29, 0.717) is 17.3 Å². The standard InChI is InChI=1S/C19H25N3O3S/c1-4-24-17-7-5-15(6-8-17)18(23)21-19-20-16(12-26-19)11-22-9-13(2)25-14(3)10-22/h5-8,12-14H,4,9-11H2,1-3H3,(H,20,21,23)/t13-,14-/m0/s1. The van der Waals surface area contributed by atoms with Crippen LogP contribution in [0.4, 0.5) is 5.13 Å². The number of hydrogen-bond acceptors (Lipinski definition) is 6. The number of ether oxygens (including phenoxy) is 2. The lowest BCUT2D eigenvalue weighted by atomic mass is 10.2. The summed E-state index contributed by atoms with van der Waals surface area (Å²) in [5.74, 6) is 0.595. The van der Waals surface area contributed by atoms with Crippen LogP contribution in [0.15, 0.2) is 29.6 Å². The van der Waals surface area contributed by atoms with Crippen LogP contribution in [-0.2, 0) is 11.3 Å². The van der Waals surface area contributed by atoms with Crippen LogP contribution in [0.25, 0.3) is 0 Å². The second kappa shape index (κ2) is 8.62. The third kappa shape index (κ3) is 5.03. The van der Waals surface area contributed by atoms with E-state index in [1.54, 1.807) is 24.3 Å². The SMILES string of the molecule is CCOc1ccc(C(=O)Nc2nc(CN3C[C@H](C)O[C@@H](C)C3)cs2)cc1. The van der Waals surface area contributed by atoms with Crippen LogP contribution in [0.5, 0.6) is 5.75 Å². The maximum absolute atomic E-state index is 12.4. The number of nitrogens with one attached hydrogen (secondary N) is 1. The molecule has 1 N–H and O–H groups in total. The molecule has 0 radical (unpaired) electrons. The van der Waals surface area contributed by atoms with Gasteiger partial charge >= 0.3 is 0 Å². The van der Waals surface area contributed by atoms with Crippen LogP contribution >= 0.6 is 11.3 Å². The predicted molar refractivity (Wildman–Crippen MR) is 103 cm³/mol. The quantitative estimate of drug-likeness (QED) is 0.838. The first kappa shape index (κ1) is 18.8. The minimum absolute atomic E-state index is 0.164. The molecule has 1 aliphatic rings. The smallest absolute Gasteiger partial charge is 0.257 e. The van der Waals surface area contributed by atoms with Crippen molar-refractivity contribution in [1.82, 2.24) is 9.88 Å². The molecule has 140 valence electrons. The Morgan fingerprint density at radius 1 is 1.31 bits per heavy atom. The number of aromatic nitrogens is 1. The van der Waals surface area contributed by atoms with Crippen molar-refractivity contribution in [3.63, 3.8) is 0 Å². The number of thiazole rings is 1. The molecule has 3 rings (SSSR count). The van der Waals surface area contributed by atoms with E-state index in [-0.39, 0.29) is 18.1 Å². The van der Waals surface area contributed by atoms with E-state index in [4.69, 9.17) is 9.47 Å². The lowest BCUT2D eigenvalue weighted by molar-refractivity contribution is -0.0707. The van der Waals surface area contributed by atoms with E-state index in [1.807, 2.05) is 12.3 Å². The van der Waals surface area contributed by atoms with E-state index >= 15 is 0 Å². The zero-order valence-corrected chi connectivity index (χ0v) is 16.2. The minimum Gasteiger partial charge on any atom is -0.494 e. The molecule has 0 saturated carbocycles. The lowest BCUT2D eigenvalue weighted by Crippen LogP contribution is -2.44. The van der Waals surface area contributed by atoms with E-state index in [1.165, 1.54) is 11.3 Å². The minimum atomic E-state index is -0.164. The van der Waals surface area contributed by atoms with Crippen molar-refractivity contribution >= 4 is 22.4 Å². The predicted octanol–water partition coefficient (Wildman–Crippen LogP) is 3.40. The molecule has 2 atom stereocenters. The Hall–Kier alpha value is -1.96. The molecule has 0 aliphatic carbocycles. The molecule has 0 bridgehead atoms. The van der Waals surface area contributed by atoms with E-state index < -0.39 is 0 Å². The van der Waals surface area contributed by atoms with Crippen LogP contribution < -0.4 is 10.1 Å². The van der Waals surface area contributed by atoms with Crippen molar-refractivity contribution in [3.05, 3.63) is 40.9 Å². The number of hydrogen-bond donors (Lipinski definition) is 1. The van der Waals surface area contributed by atoms with Crippen molar-refractivity contribution in [2.24, 2.45) is 0 Å². The fourth-order valence-electron chi connectivity index (χ4n) is 3.12. The Balaban J connectivity index is 1.56. The summed E-state index contributed by atoms with van der Waals surface area (Å²) in [6.45, 7) is 9.28. The molecule has 0 spiro atoms. The fraction of sp³-hybridized carbons (Fsp3) is 0.474. The monoisotopic (exact) mass is 375 g/mol. The average molecular weight is 375 g/mol. The molecule has 1 aromatic heterocycles. The fourth-order valence-corrected chi connectivity index (χ4v) is 3.81. The summed E-state index contributed by atoms with van der Waals surface area (Å²) in [6, 6.07) is 7.11. The molecule has 1 amide bonds. The van der Waals surface area contributed by atoms with Gasteiger partial charge in [0.2, 0.25) is 0 Å². The van der Waals surface area contributed by atoms with Gasteiger partial charge in [-0.25, -0.2) is 4.98 Å². The molecule has 0 unspecified atom stereocenters. The first-order valence-electron chi connectivity index (χ1n) is 8.90. The highest BCUT2D eigenvalue weighted by molar-refractivity contribution is 7.13. The second-order valence-corrected chi connectivity index (χ2v) is 7.37. The number of carbonyl (C=O) groups is 1. The average Bonchev–Trinajstić information content (AvgIpc) is 3.01. The third-order valence-electron chi connectivity index (χ3n) is 4.08. The van der Waals surface area contributed by atoms with Crippen molar-refractivity contribution in [2.45, 2.75) is 39.5 Å². The van der Waals surface area contributed by atoms with Crippen LogP contribution in [0.2, 0.25) is 0 Å². The van der Waals surface area contributed by atoms with E-state index in [2.05, 4.69) is 29.0 Å². The number of anilines is 1. The second-order valence-electron chi connectivity index (χ2n) is 6.51. The van der Waals surface area contributed by atoms with Crippen molar-refractivity contribution < 1.29 is 14.3 Å². The highest BCUT2D eigenvalue weighted by Gasteiger charge is 2.22. The number of nitrogens with zero attached hydrogens (tertiary/aromatic N) is 2. The molecular formula is C19H25N3O3S. The Bertz CT molecular complexity index is 722. The Labute approximate surface area is 158 Å². The van der Waals surface area contributed by atoms with Gasteiger partial charge in [0.25, 0.3) is 5.91 Å². The van der Waals surface area contributed by atoms with Crippen molar-refractivity contribution in [2.75, 3.05) is 25.0 Å². The highest BCUT2D eigenvalue weighted by Crippen LogP contribution is 2.20. The van der Waals surface area contributed by atoms with Crippen LogP contribution in [0.3, 0.4) is 0 Å². The number of carbonyl (C=O) groups excluding carboxylic acids is 1. The molecule has 7 heteroatoms. The number of rotatable bonds is 6. The van der Waals surface area contributed by atoms with Gasteiger partial charge in [-0.2, -0.15) is 0 Å². The largest absolute Gasteiger partial charge is 0.494 e. The van der Waals surface area contributed by atoms with Gasteiger partial charge in [-0.05, 0) is 45.0 Å². The van der Waals surface area contributed by atoms with Crippen LogP contribution in [0, 0.1) is 0 Å². The van der Waals surface area contributed by atoms with Gasteiger partial charge in [0.15, 0.2) is 5.13 Å². The molecular weight excluding hydrogens is 350 g/mol. The zero-order valence-electron chi connectivity index (χ0n) is 15.4. The van der Waals surface area contributed by atoms with Crippen LogP contribution in [-0.4, -0.2) is 47.7 Å². The van der Waals surface area contributed by atoms with Crippen molar-refractivity contribution in [3.8, 4) is 5.75 Å². The summed E-state index contributed by atoms with van der Waals surface area (Å²) in [4.78, 5) is 19.2. The molecule has 1 aliphatic heterocycles. The van der Waals surface area contributed by atoms with Gasteiger partial charge in [0, 0.05) is 30.6 Å². The van der Waals surface area contributed by atoms with Gasteiger partial charge in [-0.1, -0.05) is 0 Å². The topological polar surface area (TPSA) is 63.7 Å². The molecule has 6 nitrogen and oxygen atoms in total. The van der Waals surface area contributed by atoms with Crippen molar-refractivity contribution in [1.29, 1.82) is 0 Å². The van der Waals surface area contributed by atoms with Gasteiger partial charge in [0.1, 0.15) is 5.75 Å². The first-order chi connectivity index (χ1) is 12.5. The first-order valence-corrected chi connectivity index (χ1v) is 9.78. The maximum atomic E-state index is 12.4. The summed E-state index contributed by atoms with van der Waals surface area (Å²) in [5.41, 5.74) is 1.55. The highest BCUT2D eigenvalue weighted by atomic mass is 32.1. The van der Waals surface area contributed by atoms with Gasteiger partial charge in [0.05, 0.1) is 24.5 Å². The normalized spacial score (nSPS) is 20.7. The molecule has 2 heterocycles. The molecule has 1 fully saturated rings. The zero-order chi connectivity index (χ0) is 18.5.